The lowest BCUT2D eigenvalue weighted by Crippen LogP contribution is -2.36. The zero-order valence-corrected chi connectivity index (χ0v) is 19.9. The van der Waals surface area contributed by atoms with Gasteiger partial charge in [0.25, 0.3) is 0 Å². The molecule has 1 N–H and O–H groups in total. The molecule has 2 fully saturated rings. The second-order valence-corrected chi connectivity index (χ2v) is 10.7. The van der Waals surface area contributed by atoms with E-state index >= 15 is 0 Å². The third-order valence-electron chi connectivity index (χ3n) is 6.24. The third kappa shape index (κ3) is 5.20. The monoisotopic (exact) mass is 484 g/mol. The fraction of sp³-hybridized carbons (Fsp3) is 0.478. The molecular formula is C23H28N6O4S. The number of morpholine rings is 1. The van der Waals surface area contributed by atoms with Gasteiger partial charge < -0.3 is 19.7 Å². The van der Waals surface area contributed by atoms with Gasteiger partial charge in [-0.1, -0.05) is 0 Å². The summed E-state index contributed by atoms with van der Waals surface area (Å²) in [6.07, 6.45) is 8.20. The summed E-state index contributed by atoms with van der Waals surface area (Å²) in [5, 5.41) is 11.2. The lowest BCUT2D eigenvalue weighted by atomic mass is 9.93. The van der Waals surface area contributed by atoms with Crippen molar-refractivity contribution in [3.63, 3.8) is 0 Å². The van der Waals surface area contributed by atoms with Gasteiger partial charge in [-0.05, 0) is 43.9 Å². The molecule has 0 spiro atoms. The van der Waals surface area contributed by atoms with Crippen LogP contribution in [0.5, 0.6) is 5.75 Å². The number of nitrogens with one attached hydrogen (secondary N) is 1. The molecular weight excluding hydrogens is 456 g/mol. The van der Waals surface area contributed by atoms with Crippen LogP contribution in [0, 0.1) is 0 Å². The average Bonchev–Trinajstić information content (AvgIpc) is 2.85. The van der Waals surface area contributed by atoms with E-state index in [0.29, 0.717) is 19.0 Å². The Balaban J connectivity index is 1.24. The Hall–Kier alpha value is -3.05. The van der Waals surface area contributed by atoms with Crippen LogP contribution in [0.2, 0.25) is 0 Å². The highest BCUT2D eigenvalue weighted by Gasteiger charge is 2.24. The van der Waals surface area contributed by atoms with Crippen molar-refractivity contribution in [1.29, 1.82) is 0 Å². The molecule has 1 saturated heterocycles. The van der Waals surface area contributed by atoms with Crippen molar-refractivity contribution < 1.29 is 17.9 Å². The molecule has 2 aliphatic rings. The maximum Gasteiger partial charge on any atom is 0.194 e. The van der Waals surface area contributed by atoms with Crippen molar-refractivity contribution >= 4 is 32.4 Å². The van der Waals surface area contributed by atoms with Gasteiger partial charge in [0, 0.05) is 49.5 Å². The highest BCUT2D eigenvalue weighted by Crippen LogP contribution is 2.33. The van der Waals surface area contributed by atoms with E-state index < -0.39 is 9.84 Å². The SMILES string of the molecule is CS(=O)(=O)c1ccc(N[C@H]2CC[C@@H](Oc3cc(N4CCOCC4)cc4nccnc34)CC2)nn1. The molecule has 1 aliphatic heterocycles. The summed E-state index contributed by atoms with van der Waals surface area (Å²) in [6, 6.07) is 7.51. The molecule has 2 aromatic heterocycles. The standard InChI is InChI=1S/C23H28N6O4S/c1-34(30,31)22-7-6-21(27-28-22)26-16-2-4-18(5-3-16)33-20-15-17(29-10-12-32-13-11-29)14-19-23(20)25-9-8-24-19/h6-9,14-16,18H,2-5,10-13H2,1H3,(H,26,27)/t16-,18+. The molecule has 0 atom stereocenters. The van der Waals surface area contributed by atoms with Crippen molar-refractivity contribution in [2.45, 2.75) is 42.9 Å². The lowest BCUT2D eigenvalue weighted by Gasteiger charge is -2.31. The Kier molecular flexibility index (Phi) is 6.46. The lowest BCUT2D eigenvalue weighted by molar-refractivity contribution is 0.122. The predicted molar refractivity (Wildman–Crippen MR) is 128 cm³/mol. The van der Waals surface area contributed by atoms with E-state index in [9.17, 15) is 8.42 Å². The largest absolute Gasteiger partial charge is 0.488 e. The molecule has 10 nitrogen and oxygen atoms in total. The molecule has 180 valence electrons. The number of aromatic nitrogens is 4. The topological polar surface area (TPSA) is 119 Å². The van der Waals surface area contributed by atoms with Crippen LogP contribution in [-0.4, -0.2) is 73.3 Å². The number of ether oxygens (including phenoxy) is 2. The van der Waals surface area contributed by atoms with E-state index in [1.54, 1.807) is 18.5 Å². The van der Waals surface area contributed by atoms with Gasteiger partial charge in [0.15, 0.2) is 14.9 Å². The Morgan fingerprint density at radius 2 is 1.79 bits per heavy atom. The molecule has 3 heterocycles. The summed E-state index contributed by atoms with van der Waals surface area (Å²) >= 11 is 0. The van der Waals surface area contributed by atoms with Crippen molar-refractivity contribution in [3.05, 3.63) is 36.7 Å². The summed E-state index contributed by atoms with van der Waals surface area (Å²) in [5.74, 6) is 1.35. The number of anilines is 2. The van der Waals surface area contributed by atoms with Crippen LogP contribution in [0.1, 0.15) is 25.7 Å². The number of benzene rings is 1. The molecule has 3 aromatic rings. The number of hydrogen-bond donors (Lipinski definition) is 1. The zero-order valence-electron chi connectivity index (χ0n) is 19.1. The van der Waals surface area contributed by atoms with Crippen LogP contribution in [0.25, 0.3) is 11.0 Å². The van der Waals surface area contributed by atoms with Gasteiger partial charge >= 0.3 is 0 Å². The van der Waals surface area contributed by atoms with Crippen molar-refractivity contribution in [1.82, 2.24) is 20.2 Å². The number of fused-ring (bicyclic) bond motifs is 1. The molecule has 0 amide bonds. The minimum atomic E-state index is -3.35. The van der Waals surface area contributed by atoms with Gasteiger partial charge in [0.1, 0.15) is 17.1 Å². The summed E-state index contributed by atoms with van der Waals surface area (Å²) in [6.45, 7) is 3.12. The van der Waals surface area contributed by atoms with Crippen LogP contribution < -0.4 is 15.0 Å². The van der Waals surface area contributed by atoms with Gasteiger partial charge in [0.05, 0.1) is 24.8 Å². The molecule has 0 radical (unpaired) electrons. The minimum Gasteiger partial charge on any atom is -0.488 e. The summed E-state index contributed by atoms with van der Waals surface area (Å²) in [5.41, 5.74) is 2.69. The maximum absolute atomic E-state index is 11.6. The first kappa shape index (κ1) is 22.7. The Bertz CT molecular complexity index is 1240. The van der Waals surface area contributed by atoms with Gasteiger partial charge in [-0.15, -0.1) is 10.2 Å². The molecule has 1 aliphatic carbocycles. The van der Waals surface area contributed by atoms with Crippen molar-refractivity contribution in [2.75, 3.05) is 42.8 Å². The van der Waals surface area contributed by atoms with Crippen LogP contribution >= 0.6 is 0 Å². The van der Waals surface area contributed by atoms with Crippen molar-refractivity contribution in [3.8, 4) is 5.75 Å². The Labute approximate surface area is 198 Å². The number of nitrogens with zero attached hydrogens (tertiary/aromatic N) is 5. The molecule has 1 saturated carbocycles. The smallest absolute Gasteiger partial charge is 0.194 e. The van der Waals surface area contributed by atoms with E-state index in [2.05, 4.69) is 42.5 Å². The summed E-state index contributed by atoms with van der Waals surface area (Å²) in [4.78, 5) is 11.3. The van der Waals surface area contributed by atoms with Gasteiger partial charge in [-0.3, -0.25) is 4.98 Å². The fourth-order valence-electron chi connectivity index (χ4n) is 4.43. The van der Waals surface area contributed by atoms with Crippen LogP contribution in [0.4, 0.5) is 11.5 Å². The molecule has 34 heavy (non-hydrogen) atoms. The Morgan fingerprint density at radius 3 is 2.50 bits per heavy atom. The average molecular weight is 485 g/mol. The van der Waals surface area contributed by atoms with Crippen LogP contribution in [0.15, 0.2) is 41.7 Å². The van der Waals surface area contributed by atoms with Gasteiger partial charge in [-0.2, -0.15) is 0 Å². The summed E-state index contributed by atoms with van der Waals surface area (Å²) in [7, 11) is -3.35. The molecule has 1 aromatic carbocycles. The van der Waals surface area contributed by atoms with Gasteiger partial charge in [0.2, 0.25) is 0 Å². The maximum atomic E-state index is 11.6. The first-order valence-electron chi connectivity index (χ1n) is 11.5. The highest BCUT2D eigenvalue weighted by molar-refractivity contribution is 7.90. The van der Waals surface area contributed by atoms with E-state index in [1.165, 1.54) is 6.07 Å². The van der Waals surface area contributed by atoms with Gasteiger partial charge in [-0.25, -0.2) is 13.4 Å². The van der Waals surface area contributed by atoms with E-state index in [4.69, 9.17) is 9.47 Å². The quantitative estimate of drug-likeness (QED) is 0.559. The van der Waals surface area contributed by atoms with E-state index in [1.807, 2.05) is 0 Å². The fourth-order valence-corrected chi connectivity index (χ4v) is 4.94. The van der Waals surface area contributed by atoms with Crippen LogP contribution in [-0.2, 0) is 14.6 Å². The third-order valence-corrected chi connectivity index (χ3v) is 7.22. The number of rotatable bonds is 6. The zero-order chi connectivity index (χ0) is 23.5. The number of sulfone groups is 1. The summed E-state index contributed by atoms with van der Waals surface area (Å²) < 4.78 is 35.1. The van der Waals surface area contributed by atoms with Crippen LogP contribution in [0.3, 0.4) is 0 Å². The highest BCUT2D eigenvalue weighted by atomic mass is 32.2. The molecule has 11 heteroatoms. The molecule has 0 unspecified atom stereocenters. The van der Waals surface area contributed by atoms with E-state index in [-0.39, 0.29) is 17.2 Å². The second kappa shape index (κ2) is 9.67. The number of hydrogen-bond acceptors (Lipinski definition) is 10. The first-order valence-corrected chi connectivity index (χ1v) is 13.4. The molecule has 5 rings (SSSR count). The second-order valence-electron chi connectivity index (χ2n) is 8.73. The normalized spacial score (nSPS) is 21.4. The predicted octanol–water partition coefficient (Wildman–Crippen LogP) is 2.46. The Morgan fingerprint density at radius 1 is 1.03 bits per heavy atom. The molecule has 0 bridgehead atoms. The minimum absolute atomic E-state index is 0.0233. The van der Waals surface area contributed by atoms with Crippen molar-refractivity contribution in [2.24, 2.45) is 0 Å². The van der Waals surface area contributed by atoms with E-state index in [0.717, 1.165) is 67.5 Å². The first-order chi connectivity index (χ1) is 16.5.